The number of aliphatic hydroxyl groups is 1. The van der Waals surface area contributed by atoms with Crippen molar-refractivity contribution in [1.82, 2.24) is 0 Å². The van der Waals surface area contributed by atoms with Gasteiger partial charge in [-0.15, -0.1) is 0 Å². The maximum atomic E-state index is 12.8. The molecule has 5 heteroatoms. The van der Waals surface area contributed by atoms with Gasteiger partial charge in [0.25, 0.3) is 0 Å². The normalized spacial score (nSPS) is 23.0. The second kappa shape index (κ2) is 26.4. The van der Waals surface area contributed by atoms with Gasteiger partial charge in [-0.2, -0.15) is 0 Å². The molecule has 2 aliphatic rings. The van der Waals surface area contributed by atoms with Crippen molar-refractivity contribution < 1.29 is 24.2 Å². The Kier molecular flexibility index (Phi) is 23.3. The first-order valence-corrected chi connectivity index (χ1v) is 19.3. The fourth-order valence-corrected chi connectivity index (χ4v) is 7.29. The molecule has 0 spiro atoms. The van der Waals surface area contributed by atoms with E-state index in [4.69, 9.17) is 9.47 Å². The molecule has 0 aromatic heterocycles. The van der Waals surface area contributed by atoms with Crippen LogP contribution in [0.4, 0.5) is 0 Å². The van der Waals surface area contributed by atoms with Crippen LogP contribution in [0.3, 0.4) is 0 Å². The van der Waals surface area contributed by atoms with Crippen LogP contribution in [0.15, 0.2) is 24.3 Å². The Morgan fingerprint density at radius 2 is 1.22 bits per heavy atom. The number of hydrogen-bond acceptors (Lipinski definition) is 5. The number of unbranched alkanes of at least 4 members (excludes halogenated alkanes) is 10. The smallest absolute Gasteiger partial charge is 0.308 e. The maximum Gasteiger partial charge on any atom is 0.308 e. The Labute approximate surface area is 277 Å². The van der Waals surface area contributed by atoms with Gasteiger partial charge in [0.05, 0.1) is 31.7 Å². The van der Waals surface area contributed by atoms with E-state index in [-0.39, 0.29) is 43.6 Å². The summed E-state index contributed by atoms with van der Waals surface area (Å²) in [6, 6.07) is 0. The molecule has 1 unspecified atom stereocenters. The first kappa shape index (κ1) is 39.6. The molecule has 0 aliphatic heterocycles. The third-order valence-electron chi connectivity index (χ3n) is 10.4. The molecule has 0 aromatic rings. The summed E-state index contributed by atoms with van der Waals surface area (Å²) in [6.45, 7) is 4.59. The summed E-state index contributed by atoms with van der Waals surface area (Å²) in [5, 5.41) is 9.75. The van der Waals surface area contributed by atoms with Gasteiger partial charge in [0.1, 0.15) is 0 Å². The number of hydrogen-bond donors (Lipinski definition) is 1. The van der Waals surface area contributed by atoms with Crippen LogP contribution in [0.2, 0.25) is 0 Å². The van der Waals surface area contributed by atoms with Crippen molar-refractivity contribution in [3.63, 3.8) is 0 Å². The Balaban J connectivity index is 1.45. The molecule has 2 rings (SSSR count). The fourth-order valence-electron chi connectivity index (χ4n) is 7.29. The minimum absolute atomic E-state index is 0.0215. The number of carbonyl (C=O) groups excluding carboxylic acids is 2. The standard InChI is InChI=1S/C40H70O5/c1-3-5-7-8-9-10-11-12-13-14-15-16-17-18-20-22-39(42)44-32-35(31-41)33-45-40(43)38-29-27-37(28-30-38)36-25-23-34(24-26-36)21-19-6-4-2/h9-10,12-13,34-38,41H,3-8,11,14-33H2,1-2H3/b10-9-,13-12-. The molecule has 5 nitrogen and oxygen atoms in total. The van der Waals surface area contributed by atoms with Crippen LogP contribution in [0.25, 0.3) is 0 Å². The largest absolute Gasteiger partial charge is 0.465 e. The number of aliphatic hydroxyl groups excluding tert-OH is 1. The number of esters is 2. The van der Waals surface area contributed by atoms with Crippen molar-refractivity contribution in [3.8, 4) is 0 Å². The van der Waals surface area contributed by atoms with E-state index >= 15 is 0 Å². The second-order valence-electron chi connectivity index (χ2n) is 14.2. The number of rotatable bonds is 25. The van der Waals surface area contributed by atoms with E-state index in [9.17, 15) is 14.7 Å². The second-order valence-corrected chi connectivity index (χ2v) is 14.2. The quantitative estimate of drug-likeness (QED) is 0.0617. The van der Waals surface area contributed by atoms with Gasteiger partial charge < -0.3 is 14.6 Å². The van der Waals surface area contributed by atoms with Gasteiger partial charge in [-0.3, -0.25) is 9.59 Å². The lowest BCUT2D eigenvalue weighted by Crippen LogP contribution is -2.31. The van der Waals surface area contributed by atoms with E-state index in [1.807, 2.05) is 0 Å². The van der Waals surface area contributed by atoms with E-state index in [0.29, 0.717) is 6.42 Å². The SMILES string of the molecule is CCCCC/C=C\C/C=C\CCCCCCCC(=O)OCC(CO)COC(=O)C1CCC(C2CCC(CCCCC)CC2)CC1. The Bertz CT molecular complexity index is 789. The van der Waals surface area contributed by atoms with Crippen molar-refractivity contribution in [2.45, 2.75) is 168 Å². The number of carbonyl (C=O) groups is 2. The lowest BCUT2D eigenvalue weighted by molar-refractivity contribution is -0.154. The van der Waals surface area contributed by atoms with Crippen LogP contribution < -0.4 is 0 Å². The van der Waals surface area contributed by atoms with Crippen molar-refractivity contribution >= 4 is 11.9 Å². The van der Waals surface area contributed by atoms with Crippen LogP contribution in [-0.2, 0) is 19.1 Å². The van der Waals surface area contributed by atoms with Gasteiger partial charge in [0.15, 0.2) is 0 Å². The number of allylic oxidation sites excluding steroid dienone is 4. The van der Waals surface area contributed by atoms with Crippen molar-refractivity contribution in [2.75, 3.05) is 19.8 Å². The highest BCUT2D eigenvalue weighted by atomic mass is 16.5. The summed E-state index contributed by atoms with van der Waals surface area (Å²) in [7, 11) is 0. The highest BCUT2D eigenvalue weighted by Crippen LogP contribution is 2.42. The predicted molar refractivity (Wildman–Crippen MR) is 187 cm³/mol. The average Bonchev–Trinajstić information content (AvgIpc) is 3.07. The molecule has 1 N–H and O–H groups in total. The molecule has 1 atom stereocenters. The van der Waals surface area contributed by atoms with Gasteiger partial charge >= 0.3 is 11.9 Å². The summed E-state index contributed by atoms with van der Waals surface area (Å²) in [6.07, 6.45) is 37.4. The summed E-state index contributed by atoms with van der Waals surface area (Å²) < 4.78 is 11.0. The van der Waals surface area contributed by atoms with E-state index in [0.717, 1.165) is 75.5 Å². The molecular formula is C40H70O5. The predicted octanol–water partition coefficient (Wildman–Crippen LogP) is 10.7. The Morgan fingerprint density at radius 3 is 1.87 bits per heavy atom. The molecule has 0 aromatic carbocycles. The molecule has 0 radical (unpaired) electrons. The molecule has 0 bridgehead atoms. The molecule has 2 aliphatic carbocycles. The highest BCUT2D eigenvalue weighted by Gasteiger charge is 2.33. The Hall–Kier alpha value is -1.62. The third kappa shape index (κ3) is 19.0. The molecule has 0 amide bonds. The lowest BCUT2D eigenvalue weighted by atomic mass is 9.68. The summed E-state index contributed by atoms with van der Waals surface area (Å²) in [5.41, 5.74) is 0. The minimum atomic E-state index is -0.355. The summed E-state index contributed by atoms with van der Waals surface area (Å²) in [5.74, 6) is 1.83. The molecule has 45 heavy (non-hydrogen) atoms. The lowest BCUT2D eigenvalue weighted by Gasteiger charge is -2.37. The van der Waals surface area contributed by atoms with Crippen molar-refractivity contribution in [2.24, 2.45) is 29.6 Å². The molecule has 2 fully saturated rings. The van der Waals surface area contributed by atoms with Crippen LogP contribution >= 0.6 is 0 Å². The maximum absolute atomic E-state index is 12.8. The van der Waals surface area contributed by atoms with Gasteiger partial charge in [-0.05, 0) is 94.8 Å². The zero-order valence-electron chi connectivity index (χ0n) is 29.4. The van der Waals surface area contributed by atoms with Crippen molar-refractivity contribution in [3.05, 3.63) is 24.3 Å². The summed E-state index contributed by atoms with van der Waals surface area (Å²) >= 11 is 0. The molecular weight excluding hydrogens is 560 g/mol. The minimum Gasteiger partial charge on any atom is -0.465 e. The molecule has 0 saturated heterocycles. The zero-order chi connectivity index (χ0) is 32.4. The molecule has 2 saturated carbocycles. The third-order valence-corrected chi connectivity index (χ3v) is 10.4. The fraction of sp³-hybridized carbons (Fsp3) is 0.850. The monoisotopic (exact) mass is 631 g/mol. The number of ether oxygens (including phenoxy) is 2. The van der Waals surface area contributed by atoms with E-state index in [1.54, 1.807) is 0 Å². The van der Waals surface area contributed by atoms with Crippen LogP contribution in [0, 0.1) is 29.6 Å². The van der Waals surface area contributed by atoms with Crippen LogP contribution in [0.1, 0.15) is 168 Å². The van der Waals surface area contributed by atoms with Gasteiger partial charge in [0.2, 0.25) is 0 Å². The highest BCUT2D eigenvalue weighted by molar-refractivity contribution is 5.72. The zero-order valence-corrected chi connectivity index (χ0v) is 29.4. The average molecular weight is 631 g/mol. The first-order chi connectivity index (χ1) is 22.1. The first-order valence-electron chi connectivity index (χ1n) is 19.3. The van der Waals surface area contributed by atoms with E-state index in [2.05, 4.69) is 38.2 Å². The summed E-state index contributed by atoms with van der Waals surface area (Å²) in [4.78, 5) is 25.0. The van der Waals surface area contributed by atoms with Crippen LogP contribution in [0.5, 0.6) is 0 Å². The van der Waals surface area contributed by atoms with E-state index < -0.39 is 0 Å². The molecule has 260 valence electrons. The van der Waals surface area contributed by atoms with Crippen molar-refractivity contribution in [1.29, 1.82) is 0 Å². The van der Waals surface area contributed by atoms with E-state index in [1.165, 1.54) is 89.9 Å². The Morgan fingerprint density at radius 1 is 0.667 bits per heavy atom. The van der Waals surface area contributed by atoms with Crippen LogP contribution in [-0.4, -0.2) is 36.9 Å². The topological polar surface area (TPSA) is 72.8 Å². The van der Waals surface area contributed by atoms with Gasteiger partial charge in [-0.1, -0.05) is 109 Å². The molecule has 0 heterocycles. The van der Waals surface area contributed by atoms with Gasteiger partial charge in [0, 0.05) is 6.42 Å². The van der Waals surface area contributed by atoms with Gasteiger partial charge in [-0.25, -0.2) is 0 Å².